The van der Waals surface area contributed by atoms with Gasteiger partial charge in [-0.3, -0.25) is 9.68 Å². The lowest BCUT2D eigenvalue weighted by Crippen LogP contribution is -2.26. The van der Waals surface area contributed by atoms with E-state index in [1.807, 2.05) is 0 Å². The Hall–Kier alpha value is -0.610. The molecule has 0 radical (unpaired) electrons. The van der Waals surface area contributed by atoms with Crippen molar-refractivity contribution in [3.63, 3.8) is 0 Å². The number of nitrogens with zero attached hydrogens (tertiary/aromatic N) is 1. The van der Waals surface area contributed by atoms with Crippen LogP contribution in [0, 0.1) is 0 Å². The van der Waals surface area contributed by atoms with Crippen molar-refractivity contribution >= 4 is 6.29 Å². The quantitative estimate of drug-likeness (QED) is 0.212. The monoisotopic (exact) mass is 309 g/mol. The maximum Gasteiger partial charge on any atom is 0.122 e. The summed E-state index contributed by atoms with van der Waals surface area (Å²) in [5.41, 5.74) is 0. The molecule has 0 unspecified atom stereocenters. The normalized spacial score (nSPS) is 11.2. The second kappa shape index (κ2) is 17.4. The van der Waals surface area contributed by atoms with Gasteiger partial charge >= 0.3 is 0 Å². The molecule has 0 heterocycles. The van der Waals surface area contributed by atoms with E-state index >= 15 is 0 Å². The zero-order chi connectivity index (χ0) is 15.6. The van der Waals surface area contributed by atoms with E-state index in [2.05, 4.69) is 0 Å². The highest BCUT2D eigenvalue weighted by Gasteiger charge is 2.00. The molecule has 0 rings (SSSR count). The van der Waals surface area contributed by atoms with Crippen molar-refractivity contribution in [3.8, 4) is 0 Å². The second-order valence-electron chi connectivity index (χ2n) is 3.83. The number of ether oxygens (including phenoxy) is 4. The predicted molar refractivity (Wildman–Crippen MR) is 74.7 cm³/mol. The number of carbonyl (C=O) groups excluding carboxylic acids is 1. The van der Waals surface area contributed by atoms with Crippen LogP contribution < -0.4 is 0 Å². The third-order valence-corrected chi connectivity index (χ3v) is 2.32. The number of hydrogen-bond acceptors (Lipinski definition) is 8. The van der Waals surface area contributed by atoms with E-state index < -0.39 is 0 Å². The van der Waals surface area contributed by atoms with Gasteiger partial charge in [0.2, 0.25) is 0 Å². The highest BCUT2D eigenvalue weighted by Crippen LogP contribution is 1.88. The van der Waals surface area contributed by atoms with E-state index in [0.29, 0.717) is 65.8 Å². The van der Waals surface area contributed by atoms with Crippen molar-refractivity contribution in [2.75, 3.05) is 73.6 Å². The summed E-state index contributed by atoms with van der Waals surface area (Å²) >= 11 is 0. The largest absolute Gasteiger partial charge is 0.379 e. The van der Waals surface area contributed by atoms with Gasteiger partial charge in [0, 0.05) is 6.42 Å². The van der Waals surface area contributed by atoms with Gasteiger partial charge in [0.05, 0.1) is 73.6 Å². The molecule has 8 nitrogen and oxygen atoms in total. The van der Waals surface area contributed by atoms with Gasteiger partial charge in [-0.05, 0) is 0 Å². The molecule has 0 saturated heterocycles. The standard InChI is InChI=1S/C13H27NO7/c1-16-14(17-2)4-7-19-9-11-21-13-12-20-10-8-18-6-3-5-15/h5H,3-4,6-13H2,1-2H3. The smallest absolute Gasteiger partial charge is 0.122 e. The van der Waals surface area contributed by atoms with Crippen LogP contribution in [-0.2, 0) is 33.4 Å². The first-order valence-corrected chi connectivity index (χ1v) is 6.95. The lowest BCUT2D eigenvalue weighted by atomic mass is 10.5. The maximum absolute atomic E-state index is 10.0. The summed E-state index contributed by atoms with van der Waals surface area (Å²) < 4.78 is 21.1. The Morgan fingerprint density at radius 1 is 0.714 bits per heavy atom. The summed E-state index contributed by atoms with van der Waals surface area (Å²) in [6.45, 7) is 4.52. The van der Waals surface area contributed by atoms with Gasteiger partial charge in [-0.2, -0.15) is 0 Å². The Balaban J connectivity index is 3.04. The topological polar surface area (TPSA) is 75.7 Å². The van der Waals surface area contributed by atoms with E-state index in [4.69, 9.17) is 28.6 Å². The van der Waals surface area contributed by atoms with E-state index in [1.54, 1.807) is 0 Å². The molecule has 0 aliphatic heterocycles. The van der Waals surface area contributed by atoms with E-state index in [0.717, 1.165) is 6.29 Å². The third kappa shape index (κ3) is 15.6. The van der Waals surface area contributed by atoms with Crippen molar-refractivity contribution in [2.24, 2.45) is 0 Å². The average molecular weight is 309 g/mol. The molecule has 126 valence electrons. The van der Waals surface area contributed by atoms with Crippen LogP contribution in [0.15, 0.2) is 0 Å². The van der Waals surface area contributed by atoms with Crippen molar-refractivity contribution < 1.29 is 33.4 Å². The number of rotatable bonds is 17. The summed E-state index contributed by atoms with van der Waals surface area (Å²) in [7, 11) is 3.06. The lowest BCUT2D eigenvalue weighted by molar-refractivity contribution is -0.345. The van der Waals surface area contributed by atoms with Gasteiger partial charge in [-0.1, -0.05) is 5.23 Å². The van der Waals surface area contributed by atoms with Gasteiger partial charge in [0.15, 0.2) is 0 Å². The molecule has 0 aliphatic carbocycles. The highest BCUT2D eigenvalue weighted by molar-refractivity contribution is 5.49. The molecule has 0 spiro atoms. The number of aldehydes is 1. The number of hydrogen-bond donors (Lipinski definition) is 0. The molecule has 0 N–H and O–H groups in total. The van der Waals surface area contributed by atoms with Crippen LogP contribution in [-0.4, -0.2) is 85.1 Å². The molecule has 0 amide bonds. The summed E-state index contributed by atoms with van der Waals surface area (Å²) in [5, 5.41) is 1.33. The van der Waals surface area contributed by atoms with Gasteiger partial charge in [-0.25, -0.2) is 0 Å². The van der Waals surface area contributed by atoms with Crippen LogP contribution in [0.5, 0.6) is 0 Å². The van der Waals surface area contributed by atoms with E-state index in [9.17, 15) is 4.79 Å². The Labute approximate surface area is 126 Å². The molecule has 21 heavy (non-hydrogen) atoms. The first-order valence-electron chi connectivity index (χ1n) is 6.95. The molecule has 0 aromatic heterocycles. The van der Waals surface area contributed by atoms with Crippen molar-refractivity contribution in [1.82, 2.24) is 5.23 Å². The molecule has 0 aromatic carbocycles. The first kappa shape index (κ1) is 20.4. The molecule has 0 atom stereocenters. The van der Waals surface area contributed by atoms with Gasteiger partial charge < -0.3 is 23.7 Å². The minimum absolute atomic E-state index is 0.426. The zero-order valence-corrected chi connectivity index (χ0v) is 13.0. The fourth-order valence-electron chi connectivity index (χ4n) is 1.29. The number of hydroxylamine groups is 2. The molecule has 0 aromatic rings. The van der Waals surface area contributed by atoms with Crippen LogP contribution in [0.25, 0.3) is 0 Å². The summed E-state index contributed by atoms with van der Waals surface area (Å²) in [6.07, 6.45) is 1.26. The third-order valence-electron chi connectivity index (χ3n) is 2.32. The van der Waals surface area contributed by atoms with E-state index in [-0.39, 0.29) is 0 Å². The Bertz CT molecular complexity index is 215. The molecule has 0 bridgehead atoms. The molecular formula is C13H27NO7. The van der Waals surface area contributed by atoms with Gasteiger partial charge in [0.25, 0.3) is 0 Å². The van der Waals surface area contributed by atoms with Crippen molar-refractivity contribution in [3.05, 3.63) is 0 Å². The summed E-state index contributed by atoms with van der Waals surface area (Å²) in [4.78, 5) is 19.8. The molecule has 8 heteroatoms. The van der Waals surface area contributed by atoms with Crippen LogP contribution >= 0.6 is 0 Å². The second-order valence-corrected chi connectivity index (χ2v) is 3.83. The predicted octanol–water partition coefficient (Wildman–Crippen LogP) is 0.0666. The molecule has 0 fully saturated rings. The van der Waals surface area contributed by atoms with Gasteiger partial charge in [-0.15, -0.1) is 0 Å². The van der Waals surface area contributed by atoms with Crippen LogP contribution in [0.1, 0.15) is 6.42 Å². The van der Waals surface area contributed by atoms with Crippen molar-refractivity contribution in [1.29, 1.82) is 0 Å². The Morgan fingerprint density at radius 3 is 1.57 bits per heavy atom. The fraction of sp³-hybridized carbons (Fsp3) is 0.923. The average Bonchev–Trinajstić information content (AvgIpc) is 2.51. The zero-order valence-electron chi connectivity index (χ0n) is 13.0. The van der Waals surface area contributed by atoms with E-state index in [1.165, 1.54) is 19.4 Å². The Kier molecular flexibility index (Phi) is 16.9. The summed E-state index contributed by atoms with van der Waals surface area (Å²) in [5.74, 6) is 0. The minimum atomic E-state index is 0.426. The molecular weight excluding hydrogens is 282 g/mol. The van der Waals surface area contributed by atoms with Crippen LogP contribution in [0.2, 0.25) is 0 Å². The molecule has 0 saturated carbocycles. The molecule has 0 aliphatic rings. The van der Waals surface area contributed by atoms with Crippen molar-refractivity contribution in [2.45, 2.75) is 6.42 Å². The van der Waals surface area contributed by atoms with Crippen LogP contribution in [0.4, 0.5) is 0 Å². The van der Waals surface area contributed by atoms with Crippen LogP contribution in [0.3, 0.4) is 0 Å². The minimum Gasteiger partial charge on any atom is -0.379 e. The van der Waals surface area contributed by atoms with Gasteiger partial charge in [0.1, 0.15) is 6.29 Å². The Morgan fingerprint density at radius 2 is 1.14 bits per heavy atom. The number of carbonyl (C=O) groups is 1. The first-order chi connectivity index (χ1) is 10.3. The highest BCUT2D eigenvalue weighted by atomic mass is 16.9. The lowest BCUT2D eigenvalue weighted by Gasteiger charge is -2.15. The fourth-order valence-corrected chi connectivity index (χ4v) is 1.29. The SMILES string of the molecule is CON(CCOCCOCCOCCOCCC=O)OC. The maximum atomic E-state index is 10.0. The summed E-state index contributed by atoms with van der Waals surface area (Å²) in [6, 6.07) is 0.